The second-order valence-corrected chi connectivity index (χ2v) is 2.16. The Hall–Kier alpha value is -1.65. The molecule has 0 aliphatic carbocycles. The maximum atomic E-state index is 10.1. The minimum atomic E-state index is -0.827. The van der Waals surface area contributed by atoms with Gasteiger partial charge in [0.15, 0.2) is 0 Å². The van der Waals surface area contributed by atoms with Gasteiger partial charge in [0.05, 0.1) is 12.6 Å². The number of aromatic nitrogens is 2. The number of rotatable bonds is 4. The SMILES string of the molecule is O=C(O)CCNc1cnccn1. The van der Waals surface area contributed by atoms with Gasteiger partial charge in [-0.1, -0.05) is 0 Å². The fourth-order valence-electron chi connectivity index (χ4n) is 0.688. The first-order chi connectivity index (χ1) is 5.79. The number of nitrogens with zero attached hydrogens (tertiary/aromatic N) is 2. The Kier molecular flexibility index (Phi) is 3.01. The van der Waals surface area contributed by atoms with Crippen LogP contribution in [-0.4, -0.2) is 27.6 Å². The highest BCUT2D eigenvalue weighted by Crippen LogP contribution is 1.96. The van der Waals surface area contributed by atoms with Crippen molar-refractivity contribution in [1.82, 2.24) is 9.97 Å². The molecule has 1 heterocycles. The molecule has 0 spiro atoms. The first-order valence-corrected chi connectivity index (χ1v) is 3.51. The van der Waals surface area contributed by atoms with Crippen LogP contribution in [0.1, 0.15) is 6.42 Å². The van der Waals surface area contributed by atoms with E-state index in [0.717, 1.165) is 0 Å². The quantitative estimate of drug-likeness (QED) is 0.677. The minimum Gasteiger partial charge on any atom is -0.481 e. The van der Waals surface area contributed by atoms with Crippen LogP contribution in [0.2, 0.25) is 0 Å². The van der Waals surface area contributed by atoms with Gasteiger partial charge < -0.3 is 10.4 Å². The lowest BCUT2D eigenvalue weighted by atomic mass is 10.4. The summed E-state index contributed by atoms with van der Waals surface area (Å²) in [5, 5.41) is 11.1. The zero-order valence-electron chi connectivity index (χ0n) is 6.40. The van der Waals surface area contributed by atoms with Crippen LogP contribution in [0.4, 0.5) is 5.82 Å². The van der Waals surface area contributed by atoms with Gasteiger partial charge in [0, 0.05) is 18.9 Å². The van der Waals surface area contributed by atoms with Gasteiger partial charge in [-0.15, -0.1) is 0 Å². The van der Waals surface area contributed by atoms with Gasteiger partial charge in [0.25, 0.3) is 0 Å². The Morgan fingerprint density at radius 3 is 3.00 bits per heavy atom. The van der Waals surface area contributed by atoms with Gasteiger partial charge in [-0.25, -0.2) is 4.98 Å². The lowest BCUT2D eigenvalue weighted by molar-refractivity contribution is -0.136. The fourth-order valence-corrected chi connectivity index (χ4v) is 0.688. The van der Waals surface area contributed by atoms with E-state index in [1.165, 1.54) is 0 Å². The van der Waals surface area contributed by atoms with Crippen molar-refractivity contribution in [3.8, 4) is 0 Å². The zero-order valence-corrected chi connectivity index (χ0v) is 6.40. The number of aliphatic carboxylic acids is 1. The van der Waals surface area contributed by atoms with E-state index in [1.807, 2.05) is 0 Å². The van der Waals surface area contributed by atoms with Crippen LogP contribution in [0.5, 0.6) is 0 Å². The van der Waals surface area contributed by atoms with E-state index in [0.29, 0.717) is 12.4 Å². The molecule has 2 N–H and O–H groups in total. The van der Waals surface area contributed by atoms with E-state index in [9.17, 15) is 4.79 Å². The normalized spacial score (nSPS) is 9.33. The molecule has 0 aliphatic rings. The van der Waals surface area contributed by atoms with Crippen molar-refractivity contribution in [3.63, 3.8) is 0 Å². The molecule has 0 radical (unpaired) electrons. The molecule has 64 valence electrons. The van der Waals surface area contributed by atoms with Gasteiger partial charge >= 0.3 is 5.97 Å². The monoisotopic (exact) mass is 167 g/mol. The predicted molar refractivity (Wildman–Crippen MR) is 42.8 cm³/mol. The molecular formula is C7H9N3O2. The fraction of sp³-hybridized carbons (Fsp3) is 0.286. The van der Waals surface area contributed by atoms with Crippen molar-refractivity contribution in [1.29, 1.82) is 0 Å². The number of nitrogens with one attached hydrogen (secondary N) is 1. The molecule has 0 atom stereocenters. The summed E-state index contributed by atoms with van der Waals surface area (Å²) in [6.45, 7) is 0.369. The van der Waals surface area contributed by atoms with Crippen LogP contribution in [0.15, 0.2) is 18.6 Å². The molecule has 1 aromatic heterocycles. The molecule has 0 saturated carbocycles. The van der Waals surface area contributed by atoms with Crippen LogP contribution in [0.3, 0.4) is 0 Å². The molecule has 0 saturated heterocycles. The molecule has 5 nitrogen and oxygen atoms in total. The maximum Gasteiger partial charge on any atom is 0.305 e. The number of carbonyl (C=O) groups is 1. The number of hydrogen-bond acceptors (Lipinski definition) is 4. The molecule has 0 fully saturated rings. The summed E-state index contributed by atoms with van der Waals surface area (Å²) in [7, 11) is 0. The Morgan fingerprint density at radius 1 is 1.58 bits per heavy atom. The van der Waals surface area contributed by atoms with Crippen molar-refractivity contribution in [2.24, 2.45) is 0 Å². The summed E-state index contributed by atoms with van der Waals surface area (Å²) < 4.78 is 0. The second kappa shape index (κ2) is 4.27. The average molecular weight is 167 g/mol. The average Bonchev–Trinajstić information content (AvgIpc) is 2.05. The first kappa shape index (κ1) is 8.45. The van der Waals surface area contributed by atoms with Gasteiger partial charge in [0.1, 0.15) is 5.82 Å². The summed E-state index contributed by atoms with van der Waals surface area (Å²) in [6.07, 6.45) is 4.73. The largest absolute Gasteiger partial charge is 0.481 e. The van der Waals surface area contributed by atoms with Crippen molar-refractivity contribution >= 4 is 11.8 Å². The Balaban J connectivity index is 2.29. The van der Waals surface area contributed by atoms with E-state index < -0.39 is 5.97 Å². The van der Waals surface area contributed by atoms with Crippen molar-refractivity contribution in [3.05, 3.63) is 18.6 Å². The highest BCUT2D eigenvalue weighted by molar-refractivity contribution is 5.67. The lowest BCUT2D eigenvalue weighted by Gasteiger charge is -2.00. The standard InChI is InChI=1S/C7H9N3O2/c11-7(12)1-2-9-6-5-8-3-4-10-6/h3-5H,1-2H2,(H,9,10)(H,11,12). The third-order valence-corrected chi connectivity index (χ3v) is 1.21. The molecule has 0 unspecified atom stereocenters. The van der Waals surface area contributed by atoms with E-state index in [-0.39, 0.29) is 6.42 Å². The molecule has 1 aromatic rings. The van der Waals surface area contributed by atoms with Crippen molar-refractivity contribution in [2.45, 2.75) is 6.42 Å². The Morgan fingerprint density at radius 2 is 2.42 bits per heavy atom. The smallest absolute Gasteiger partial charge is 0.305 e. The van der Waals surface area contributed by atoms with E-state index >= 15 is 0 Å². The summed E-state index contributed by atoms with van der Waals surface area (Å²) >= 11 is 0. The summed E-state index contributed by atoms with van der Waals surface area (Å²) in [5.41, 5.74) is 0. The number of carboxylic acids is 1. The van der Waals surface area contributed by atoms with Crippen LogP contribution >= 0.6 is 0 Å². The third-order valence-electron chi connectivity index (χ3n) is 1.21. The van der Waals surface area contributed by atoms with Gasteiger partial charge in [-0.05, 0) is 0 Å². The number of carboxylic acid groups (broad SMARTS) is 1. The molecule has 0 aromatic carbocycles. The minimum absolute atomic E-state index is 0.0799. The highest BCUT2D eigenvalue weighted by atomic mass is 16.4. The first-order valence-electron chi connectivity index (χ1n) is 3.51. The van der Waals surface area contributed by atoms with E-state index in [4.69, 9.17) is 5.11 Å². The predicted octanol–water partition coefficient (Wildman–Crippen LogP) is 0.363. The van der Waals surface area contributed by atoms with Gasteiger partial charge in [-0.2, -0.15) is 0 Å². The number of hydrogen-bond donors (Lipinski definition) is 2. The lowest BCUT2D eigenvalue weighted by Crippen LogP contribution is -2.08. The molecule has 1 rings (SSSR count). The molecular weight excluding hydrogens is 158 g/mol. The highest BCUT2D eigenvalue weighted by Gasteiger charge is 1.96. The van der Waals surface area contributed by atoms with Crippen LogP contribution in [0.25, 0.3) is 0 Å². The van der Waals surface area contributed by atoms with Crippen molar-refractivity contribution in [2.75, 3.05) is 11.9 Å². The van der Waals surface area contributed by atoms with Crippen LogP contribution in [0, 0.1) is 0 Å². The molecule has 12 heavy (non-hydrogen) atoms. The molecule has 0 bridgehead atoms. The summed E-state index contributed by atoms with van der Waals surface area (Å²) in [6, 6.07) is 0. The third kappa shape index (κ3) is 2.96. The van der Waals surface area contributed by atoms with Gasteiger partial charge in [-0.3, -0.25) is 9.78 Å². The Bertz CT molecular complexity index is 250. The maximum absolute atomic E-state index is 10.1. The van der Waals surface area contributed by atoms with Gasteiger partial charge in [0.2, 0.25) is 0 Å². The number of anilines is 1. The second-order valence-electron chi connectivity index (χ2n) is 2.16. The Labute approximate surface area is 69.5 Å². The van der Waals surface area contributed by atoms with Crippen LogP contribution in [-0.2, 0) is 4.79 Å². The molecule has 5 heteroatoms. The van der Waals surface area contributed by atoms with E-state index in [2.05, 4.69) is 15.3 Å². The topological polar surface area (TPSA) is 75.1 Å². The van der Waals surface area contributed by atoms with Crippen LogP contribution < -0.4 is 5.32 Å². The molecule has 0 amide bonds. The molecule has 0 aliphatic heterocycles. The van der Waals surface area contributed by atoms with Crippen molar-refractivity contribution < 1.29 is 9.90 Å². The summed E-state index contributed by atoms with van der Waals surface area (Å²) in [4.78, 5) is 17.8. The zero-order chi connectivity index (χ0) is 8.81. The van der Waals surface area contributed by atoms with E-state index in [1.54, 1.807) is 18.6 Å². The summed E-state index contributed by atoms with van der Waals surface area (Å²) in [5.74, 6) is -0.231.